The van der Waals surface area contributed by atoms with Crippen molar-refractivity contribution >= 4 is 27.5 Å². The van der Waals surface area contributed by atoms with E-state index in [1.54, 1.807) is 19.0 Å². The van der Waals surface area contributed by atoms with Gasteiger partial charge in [0.2, 0.25) is 5.91 Å². The van der Waals surface area contributed by atoms with Gasteiger partial charge in [-0.05, 0) is 35.4 Å². The molecule has 0 saturated heterocycles. The Morgan fingerprint density at radius 2 is 1.57 bits per heavy atom. The maximum atomic E-state index is 11.6. The van der Waals surface area contributed by atoms with Gasteiger partial charge in [0.15, 0.2) is 0 Å². The van der Waals surface area contributed by atoms with Crippen LogP contribution in [0.25, 0.3) is 0 Å². The molecular formula is C17H19BrN2O. The minimum atomic E-state index is 0.116. The zero-order valence-electron chi connectivity index (χ0n) is 12.3. The van der Waals surface area contributed by atoms with E-state index in [-0.39, 0.29) is 5.91 Å². The van der Waals surface area contributed by atoms with Gasteiger partial charge in [-0.1, -0.05) is 40.2 Å². The molecule has 0 aromatic heterocycles. The first kappa shape index (κ1) is 15.6. The Labute approximate surface area is 134 Å². The number of anilines is 1. The van der Waals surface area contributed by atoms with Crippen LogP contribution < -0.4 is 5.32 Å². The number of hydrogen-bond donors (Lipinski definition) is 1. The number of carbonyl (C=O) groups is 1. The lowest BCUT2D eigenvalue weighted by Crippen LogP contribution is -2.23. The Hall–Kier alpha value is -1.81. The van der Waals surface area contributed by atoms with Crippen molar-refractivity contribution in [2.24, 2.45) is 0 Å². The van der Waals surface area contributed by atoms with Crippen molar-refractivity contribution in [3.05, 3.63) is 64.1 Å². The zero-order chi connectivity index (χ0) is 15.2. The van der Waals surface area contributed by atoms with Crippen LogP contribution in [0.2, 0.25) is 0 Å². The van der Waals surface area contributed by atoms with E-state index in [1.165, 1.54) is 5.56 Å². The number of amides is 1. The summed E-state index contributed by atoms with van der Waals surface area (Å²) >= 11 is 3.43. The second-order valence-corrected chi connectivity index (χ2v) is 6.06. The van der Waals surface area contributed by atoms with Gasteiger partial charge in [-0.3, -0.25) is 4.79 Å². The standard InChI is InChI=1S/C17H19BrN2O/c1-20(2)17(21)11-13-5-9-16(10-6-13)19-12-14-3-7-15(18)8-4-14/h3-10,19H,11-12H2,1-2H3. The fourth-order valence-electron chi connectivity index (χ4n) is 1.88. The van der Waals surface area contributed by atoms with Gasteiger partial charge in [-0.25, -0.2) is 0 Å². The normalized spacial score (nSPS) is 10.2. The van der Waals surface area contributed by atoms with Crippen LogP contribution in [0.4, 0.5) is 5.69 Å². The molecule has 0 unspecified atom stereocenters. The van der Waals surface area contributed by atoms with E-state index < -0.39 is 0 Å². The van der Waals surface area contributed by atoms with Crippen LogP contribution in [0.1, 0.15) is 11.1 Å². The minimum absolute atomic E-state index is 0.116. The predicted molar refractivity (Wildman–Crippen MR) is 90.3 cm³/mol. The first-order chi connectivity index (χ1) is 10.0. The summed E-state index contributed by atoms with van der Waals surface area (Å²) in [5, 5.41) is 3.37. The van der Waals surface area contributed by atoms with Gasteiger partial charge in [-0.15, -0.1) is 0 Å². The Morgan fingerprint density at radius 3 is 2.14 bits per heavy atom. The molecular weight excluding hydrogens is 328 g/mol. The monoisotopic (exact) mass is 346 g/mol. The largest absolute Gasteiger partial charge is 0.381 e. The maximum absolute atomic E-state index is 11.6. The molecule has 0 atom stereocenters. The molecule has 0 aliphatic carbocycles. The van der Waals surface area contributed by atoms with E-state index >= 15 is 0 Å². The van der Waals surface area contributed by atoms with Crippen LogP contribution in [0.5, 0.6) is 0 Å². The molecule has 3 nitrogen and oxygen atoms in total. The summed E-state index contributed by atoms with van der Waals surface area (Å²) in [6.07, 6.45) is 0.444. The fraction of sp³-hybridized carbons (Fsp3) is 0.235. The number of carbonyl (C=O) groups excluding carboxylic acids is 1. The maximum Gasteiger partial charge on any atom is 0.226 e. The van der Waals surface area contributed by atoms with E-state index in [9.17, 15) is 4.79 Å². The highest BCUT2D eigenvalue weighted by Gasteiger charge is 2.05. The van der Waals surface area contributed by atoms with Crippen LogP contribution in [-0.2, 0) is 17.8 Å². The molecule has 2 rings (SSSR count). The molecule has 0 bridgehead atoms. The molecule has 1 amide bonds. The Kier molecular flexibility index (Phi) is 5.39. The number of nitrogens with one attached hydrogen (secondary N) is 1. The molecule has 0 radical (unpaired) electrons. The third kappa shape index (κ3) is 4.90. The minimum Gasteiger partial charge on any atom is -0.381 e. The summed E-state index contributed by atoms with van der Waals surface area (Å²) in [7, 11) is 3.55. The summed E-state index contributed by atoms with van der Waals surface area (Å²) in [6, 6.07) is 16.2. The first-order valence-electron chi connectivity index (χ1n) is 6.82. The highest BCUT2D eigenvalue weighted by atomic mass is 79.9. The van der Waals surface area contributed by atoms with Crippen LogP contribution in [0.15, 0.2) is 53.0 Å². The van der Waals surface area contributed by atoms with E-state index in [2.05, 4.69) is 33.4 Å². The molecule has 0 heterocycles. The number of nitrogens with zero attached hydrogens (tertiary/aromatic N) is 1. The molecule has 0 aliphatic heterocycles. The van der Waals surface area contributed by atoms with Gasteiger partial charge < -0.3 is 10.2 Å². The Balaban J connectivity index is 1.90. The van der Waals surface area contributed by atoms with Crippen LogP contribution in [0, 0.1) is 0 Å². The molecule has 110 valence electrons. The molecule has 1 N–H and O–H groups in total. The summed E-state index contributed by atoms with van der Waals surface area (Å²) in [5.41, 5.74) is 3.31. The van der Waals surface area contributed by atoms with Crippen molar-refractivity contribution in [2.45, 2.75) is 13.0 Å². The quantitative estimate of drug-likeness (QED) is 0.895. The van der Waals surface area contributed by atoms with Gasteiger partial charge >= 0.3 is 0 Å². The molecule has 0 saturated carbocycles. The average Bonchev–Trinajstić information content (AvgIpc) is 2.48. The number of halogens is 1. The zero-order valence-corrected chi connectivity index (χ0v) is 13.9. The van der Waals surface area contributed by atoms with Crippen molar-refractivity contribution in [1.82, 2.24) is 4.90 Å². The lowest BCUT2D eigenvalue weighted by molar-refractivity contribution is -0.127. The van der Waals surface area contributed by atoms with Gasteiger partial charge in [0.05, 0.1) is 6.42 Å². The van der Waals surface area contributed by atoms with Crippen LogP contribution in [-0.4, -0.2) is 24.9 Å². The van der Waals surface area contributed by atoms with Gasteiger partial charge in [0.25, 0.3) is 0 Å². The Bertz CT molecular complexity index is 591. The second-order valence-electron chi connectivity index (χ2n) is 5.14. The van der Waals surface area contributed by atoms with Crippen LogP contribution >= 0.6 is 15.9 Å². The Morgan fingerprint density at radius 1 is 1.00 bits per heavy atom. The first-order valence-corrected chi connectivity index (χ1v) is 7.61. The lowest BCUT2D eigenvalue weighted by Gasteiger charge is -2.11. The summed E-state index contributed by atoms with van der Waals surface area (Å²) in [4.78, 5) is 13.3. The van der Waals surface area contributed by atoms with E-state index in [4.69, 9.17) is 0 Å². The number of hydrogen-bond acceptors (Lipinski definition) is 2. The van der Waals surface area contributed by atoms with Gasteiger partial charge in [0, 0.05) is 30.8 Å². The van der Waals surface area contributed by atoms with Gasteiger partial charge in [0.1, 0.15) is 0 Å². The highest BCUT2D eigenvalue weighted by molar-refractivity contribution is 9.10. The second kappa shape index (κ2) is 7.27. The van der Waals surface area contributed by atoms with Crippen molar-refractivity contribution in [1.29, 1.82) is 0 Å². The molecule has 21 heavy (non-hydrogen) atoms. The topological polar surface area (TPSA) is 32.3 Å². The molecule has 2 aromatic rings. The summed E-state index contributed by atoms with van der Waals surface area (Å²) in [6.45, 7) is 0.781. The molecule has 0 aliphatic rings. The number of likely N-dealkylation sites (N-methyl/N-ethyl adjacent to an activating group) is 1. The van der Waals surface area contributed by atoms with E-state index in [0.29, 0.717) is 6.42 Å². The number of rotatable bonds is 5. The van der Waals surface area contributed by atoms with Gasteiger partial charge in [-0.2, -0.15) is 0 Å². The summed E-state index contributed by atoms with van der Waals surface area (Å²) in [5.74, 6) is 0.116. The van der Waals surface area contributed by atoms with E-state index in [1.807, 2.05) is 36.4 Å². The average molecular weight is 347 g/mol. The number of benzene rings is 2. The highest BCUT2D eigenvalue weighted by Crippen LogP contribution is 2.14. The van der Waals surface area contributed by atoms with Crippen molar-refractivity contribution < 1.29 is 4.79 Å². The van der Waals surface area contributed by atoms with Crippen molar-refractivity contribution in [3.8, 4) is 0 Å². The molecule has 4 heteroatoms. The molecule has 2 aromatic carbocycles. The fourth-order valence-corrected chi connectivity index (χ4v) is 2.14. The smallest absolute Gasteiger partial charge is 0.226 e. The molecule has 0 spiro atoms. The van der Waals surface area contributed by atoms with E-state index in [0.717, 1.165) is 22.3 Å². The SMILES string of the molecule is CN(C)C(=O)Cc1ccc(NCc2ccc(Br)cc2)cc1. The lowest BCUT2D eigenvalue weighted by atomic mass is 10.1. The molecule has 0 fully saturated rings. The van der Waals surface area contributed by atoms with Crippen LogP contribution in [0.3, 0.4) is 0 Å². The predicted octanol–water partition coefficient (Wildman–Crippen LogP) is 3.69. The summed E-state index contributed by atoms with van der Waals surface area (Å²) < 4.78 is 1.08. The van der Waals surface area contributed by atoms with Crippen molar-refractivity contribution in [2.75, 3.05) is 19.4 Å². The third-order valence-electron chi connectivity index (χ3n) is 3.22. The third-order valence-corrected chi connectivity index (χ3v) is 3.75. The van der Waals surface area contributed by atoms with Crippen molar-refractivity contribution in [3.63, 3.8) is 0 Å².